The highest BCUT2D eigenvalue weighted by Crippen LogP contribution is 2.30. The summed E-state index contributed by atoms with van der Waals surface area (Å²) < 4.78 is 0. The van der Waals surface area contributed by atoms with Gasteiger partial charge in [0.15, 0.2) is 0 Å². The van der Waals surface area contributed by atoms with Crippen LogP contribution in [0.1, 0.15) is 39.0 Å². The molecule has 19 heavy (non-hydrogen) atoms. The van der Waals surface area contributed by atoms with Gasteiger partial charge in [-0.3, -0.25) is 4.79 Å². The maximum absolute atomic E-state index is 12.4. The van der Waals surface area contributed by atoms with Gasteiger partial charge in [0, 0.05) is 24.5 Å². The second-order valence-electron chi connectivity index (χ2n) is 6.90. The fourth-order valence-corrected chi connectivity index (χ4v) is 4.09. The predicted octanol–water partition coefficient (Wildman–Crippen LogP) is 0.960. The summed E-state index contributed by atoms with van der Waals surface area (Å²) in [5.74, 6) is 1.69. The predicted molar refractivity (Wildman–Crippen MR) is 75.6 cm³/mol. The van der Waals surface area contributed by atoms with E-state index in [1.165, 1.54) is 25.9 Å². The van der Waals surface area contributed by atoms with Gasteiger partial charge in [0.25, 0.3) is 0 Å². The summed E-state index contributed by atoms with van der Waals surface area (Å²) in [6, 6.07) is 0.696. The summed E-state index contributed by atoms with van der Waals surface area (Å²) in [7, 11) is 0. The van der Waals surface area contributed by atoms with E-state index in [1.807, 2.05) is 0 Å². The Morgan fingerprint density at radius 3 is 2.53 bits per heavy atom. The van der Waals surface area contributed by atoms with E-state index in [-0.39, 0.29) is 11.8 Å². The number of carbonyl (C=O) groups is 1. The van der Waals surface area contributed by atoms with Crippen molar-refractivity contribution < 1.29 is 4.79 Å². The molecular weight excluding hydrogens is 238 g/mol. The first kappa shape index (κ1) is 13.4. The summed E-state index contributed by atoms with van der Waals surface area (Å²) in [5.41, 5.74) is 6.04. The number of nitrogens with one attached hydrogen (secondary N) is 1. The topological polar surface area (TPSA) is 58.4 Å². The number of carbonyl (C=O) groups excluding carboxylic acids is 1. The van der Waals surface area contributed by atoms with Crippen LogP contribution in [0.15, 0.2) is 0 Å². The molecule has 0 spiro atoms. The molecule has 4 fully saturated rings. The van der Waals surface area contributed by atoms with Crippen LogP contribution in [-0.2, 0) is 4.79 Å². The summed E-state index contributed by atoms with van der Waals surface area (Å²) in [6.45, 7) is 5.70. The monoisotopic (exact) mass is 265 g/mol. The molecule has 1 saturated carbocycles. The molecule has 4 nitrogen and oxygen atoms in total. The van der Waals surface area contributed by atoms with Crippen molar-refractivity contribution in [2.45, 2.75) is 51.1 Å². The van der Waals surface area contributed by atoms with Gasteiger partial charge in [-0.1, -0.05) is 6.92 Å². The van der Waals surface area contributed by atoms with Gasteiger partial charge in [-0.05, 0) is 57.0 Å². The van der Waals surface area contributed by atoms with Gasteiger partial charge < -0.3 is 16.0 Å². The lowest BCUT2D eigenvalue weighted by atomic mass is 9.78. The van der Waals surface area contributed by atoms with Crippen molar-refractivity contribution in [1.29, 1.82) is 0 Å². The molecule has 2 bridgehead atoms. The van der Waals surface area contributed by atoms with Crippen molar-refractivity contribution in [3.8, 4) is 0 Å². The van der Waals surface area contributed by atoms with Crippen LogP contribution in [0.4, 0.5) is 0 Å². The molecule has 3 aliphatic heterocycles. The lowest BCUT2D eigenvalue weighted by molar-refractivity contribution is -0.128. The van der Waals surface area contributed by atoms with E-state index < -0.39 is 0 Å². The quantitative estimate of drug-likeness (QED) is 0.782. The van der Waals surface area contributed by atoms with Crippen LogP contribution in [0, 0.1) is 17.8 Å². The number of piperidine rings is 3. The Morgan fingerprint density at radius 1 is 1.21 bits per heavy atom. The fourth-order valence-electron chi connectivity index (χ4n) is 4.09. The molecule has 1 aliphatic carbocycles. The van der Waals surface area contributed by atoms with Gasteiger partial charge in [0.2, 0.25) is 5.91 Å². The van der Waals surface area contributed by atoms with E-state index in [9.17, 15) is 4.79 Å². The summed E-state index contributed by atoms with van der Waals surface area (Å²) in [5, 5.41) is 3.33. The van der Waals surface area contributed by atoms with Crippen LogP contribution in [0.5, 0.6) is 0 Å². The molecule has 4 aliphatic rings. The van der Waals surface area contributed by atoms with Gasteiger partial charge in [0.05, 0.1) is 0 Å². The molecule has 108 valence electrons. The molecule has 1 amide bonds. The first-order valence-electron chi connectivity index (χ1n) is 7.92. The zero-order valence-corrected chi connectivity index (χ0v) is 12.0. The highest BCUT2D eigenvalue weighted by atomic mass is 16.2. The van der Waals surface area contributed by atoms with Crippen molar-refractivity contribution in [2.24, 2.45) is 23.5 Å². The highest BCUT2D eigenvalue weighted by molar-refractivity contribution is 5.79. The number of nitrogens with zero attached hydrogens (tertiary/aromatic N) is 1. The van der Waals surface area contributed by atoms with Gasteiger partial charge >= 0.3 is 0 Å². The van der Waals surface area contributed by atoms with Crippen LogP contribution in [0.2, 0.25) is 0 Å². The third kappa shape index (κ3) is 2.79. The molecule has 0 aromatic heterocycles. The van der Waals surface area contributed by atoms with Crippen molar-refractivity contribution >= 4 is 5.91 Å². The molecule has 0 radical (unpaired) electrons. The number of rotatable bonds is 2. The van der Waals surface area contributed by atoms with E-state index in [0.29, 0.717) is 18.0 Å². The van der Waals surface area contributed by atoms with Gasteiger partial charge in [-0.2, -0.15) is 0 Å². The van der Waals surface area contributed by atoms with Gasteiger partial charge in [-0.15, -0.1) is 0 Å². The minimum atomic E-state index is 0.199. The Bertz CT molecular complexity index is 338. The van der Waals surface area contributed by atoms with Crippen molar-refractivity contribution in [3.63, 3.8) is 0 Å². The third-order valence-electron chi connectivity index (χ3n) is 5.59. The van der Waals surface area contributed by atoms with Crippen molar-refractivity contribution in [2.75, 3.05) is 19.6 Å². The van der Waals surface area contributed by atoms with E-state index >= 15 is 0 Å². The summed E-state index contributed by atoms with van der Waals surface area (Å²) in [6.07, 6.45) is 5.46. The number of hydrogen-bond donors (Lipinski definition) is 2. The average Bonchev–Trinajstić information content (AvgIpc) is 2.43. The molecule has 4 atom stereocenters. The largest absolute Gasteiger partial charge is 0.352 e. The normalized spacial score (nSPS) is 46.0. The molecule has 4 rings (SSSR count). The SMILES string of the molecule is CC1CC(C(=O)NC2CN3CCC2CC3)CCC1N. The third-order valence-corrected chi connectivity index (χ3v) is 5.59. The van der Waals surface area contributed by atoms with Crippen LogP contribution in [0.3, 0.4) is 0 Å². The Kier molecular flexibility index (Phi) is 3.81. The van der Waals surface area contributed by atoms with Gasteiger partial charge in [0.1, 0.15) is 0 Å². The number of amides is 1. The maximum atomic E-state index is 12.4. The molecular formula is C15H27N3O. The molecule has 3 saturated heterocycles. The van der Waals surface area contributed by atoms with Crippen molar-refractivity contribution in [1.82, 2.24) is 10.2 Å². The van der Waals surface area contributed by atoms with E-state index in [2.05, 4.69) is 17.1 Å². The molecule has 3 heterocycles. The number of fused-ring (bicyclic) bond motifs is 3. The zero-order chi connectivity index (χ0) is 13.4. The van der Waals surface area contributed by atoms with Crippen LogP contribution >= 0.6 is 0 Å². The smallest absolute Gasteiger partial charge is 0.223 e. The average molecular weight is 265 g/mol. The van der Waals surface area contributed by atoms with Crippen LogP contribution in [0.25, 0.3) is 0 Å². The Hall–Kier alpha value is -0.610. The highest BCUT2D eigenvalue weighted by Gasteiger charge is 2.37. The summed E-state index contributed by atoms with van der Waals surface area (Å²) >= 11 is 0. The van der Waals surface area contributed by atoms with Crippen LogP contribution < -0.4 is 11.1 Å². The van der Waals surface area contributed by atoms with E-state index in [4.69, 9.17) is 5.73 Å². The van der Waals surface area contributed by atoms with Crippen molar-refractivity contribution in [3.05, 3.63) is 0 Å². The first-order valence-corrected chi connectivity index (χ1v) is 7.92. The number of nitrogens with two attached hydrogens (primary N) is 1. The lowest BCUT2D eigenvalue weighted by Crippen LogP contribution is -2.58. The molecule has 4 heteroatoms. The molecule has 4 unspecified atom stereocenters. The Balaban J connectivity index is 1.54. The van der Waals surface area contributed by atoms with E-state index in [0.717, 1.165) is 31.7 Å². The maximum Gasteiger partial charge on any atom is 0.223 e. The van der Waals surface area contributed by atoms with Gasteiger partial charge in [-0.25, -0.2) is 0 Å². The Morgan fingerprint density at radius 2 is 1.95 bits per heavy atom. The molecule has 0 aromatic rings. The van der Waals surface area contributed by atoms with Crippen LogP contribution in [-0.4, -0.2) is 42.5 Å². The standard InChI is InChI=1S/C15H27N3O/c1-10-8-12(2-3-13(10)16)15(19)17-14-9-18-6-4-11(14)5-7-18/h10-14H,2-9,16H2,1H3,(H,17,19). The molecule has 0 aromatic carbocycles. The number of hydrogen-bond acceptors (Lipinski definition) is 3. The minimum absolute atomic E-state index is 0.199. The molecule has 3 N–H and O–H groups in total. The lowest BCUT2D eigenvalue weighted by Gasteiger charge is -2.45. The summed E-state index contributed by atoms with van der Waals surface area (Å²) in [4.78, 5) is 14.9. The first-order chi connectivity index (χ1) is 9.13. The zero-order valence-electron chi connectivity index (χ0n) is 12.0. The minimum Gasteiger partial charge on any atom is -0.352 e. The Labute approximate surface area is 116 Å². The van der Waals surface area contributed by atoms with E-state index in [1.54, 1.807) is 0 Å². The fraction of sp³-hybridized carbons (Fsp3) is 0.933. The second-order valence-corrected chi connectivity index (χ2v) is 6.90. The second kappa shape index (κ2) is 5.41.